The molecule has 39 heavy (non-hydrogen) atoms. The second-order valence-electron chi connectivity index (χ2n) is 8.27. The van der Waals surface area contributed by atoms with Gasteiger partial charge in [-0.15, -0.1) is 0 Å². The number of ketones is 1. The number of hydrogen-bond acceptors (Lipinski definition) is 10. The number of anilines is 1. The summed E-state index contributed by atoms with van der Waals surface area (Å²) in [5.41, 5.74) is 1.78. The van der Waals surface area contributed by atoms with E-state index in [9.17, 15) is 14.4 Å². The largest absolute Gasteiger partial charge is 0.460 e. The first-order chi connectivity index (χ1) is 19.1. The smallest absolute Gasteiger partial charge is 0.379 e. The van der Waals surface area contributed by atoms with Crippen LogP contribution in [0.15, 0.2) is 54.6 Å². The van der Waals surface area contributed by atoms with Gasteiger partial charge in [0.05, 0.1) is 58.4 Å². The van der Waals surface area contributed by atoms with Crippen LogP contribution in [-0.2, 0) is 33.2 Å². The fourth-order valence-electron chi connectivity index (χ4n) is 3.14. The van der Waals surface area contributed by atoms with Crippen molar-refractivity contribution in [1.82, 2.24) is 0 Å². The van der Waals surface area contributed by atoms with Gasteiger partial charge in [-0.3, -0.25) is 4.79 Å². The Kier molecular flexibility index (Phi) is 16.9. The number of Topliss-reactive ketones (excluding diaryl/α,β-unsaturated/α-hetero) is 1. The molecule has 0 atom stereocenters. The number of ether oxygens (including phenoxy) is 6. The summed E-state index contributed by atoms with van der Waals surface area (Å²) in [6.07, 6.45) is 2.23. The summed E-state index contributed by atoms with van der Waals surface area (Å²) >= 11 is 0. The van der Waals surface area contributed by atoms with E-state index in [1.165, 1.54) is 0 Å². The van der Waals surface area contributed by atoms with Crippen molar-refractivity contribution >= 4 is 23.4 Å². The van der Waals surface area contributed by atoms with Crippen molar-refractivity contribution in [2.45, 2.75) is 19.8 Å². The molecule has 10 nitrogen and oxygen atoms in total. The van der Waals surface area contributed by atoms with Crippen LogP contribution in [0.25, 0.3) is 0 Å². The van der Waals surface area contributed by atoms with Gasteiger partial charge in [-0.1, -0.05) is 43.7 Å². The number of benzene rings is 2. The standard InChI is InChI=1S/C29H39NO9/c1-2-3-13-30-26-11-9-25(10-12-26)28(32)38-22-20-36-18-16-34-14-15-35-17-19-37-21-23-39-29(33)27(31)24-7-5-4-6-8-24/h4-12,30H,2-3,13-23H2,1H3. The molecule has 2 rings (SSSR count). The minimum Gasteiger partial charge on any atom is -0.460 e. The number of carbonyl (C=O) groups is 3. The van der Waals surface area contributed by atoms with Crippen LogP contribution in [0.1, 0.15) is 40.5 Å². The Hall–Kier alpha value is -3.31. The average molecular weight is 546 g/mol. The van der Waals surface area contributed by atoms with Gasteiger partial charge in [0, 0.05) is 17.8 Å². The quantitative estimate of drug-likeness (QED) is 0.102. The molecule has 0 radical (unpaired) electrons. The second kappa shape index (κ2) is 20.6. The van der Waals surface area contributed by atoms with Gasteiger partial charge in [0.2, 0.25) is 0 Å². The van der Waals surface area contributed by atoms with Crippen LogP contribution >= 0.6 is 0 Å². The number of esters is 2. The lowest BCUT2D eigenvalue weighted by molar-refractivity contribution is -0.139. The average Bonchev–Trinajstić information content (AvgIpc) is 2.97. The van der Waals surface area contributed by atoms with Crippen LogP contribution in [0.3, 0.4) is 0 Å². The maximum absolute atomic E-state index is 12.1. The van der Waals surface area contributed by atoms with Gasteiger partial charge in [-0.05, 0) is 30.7 Å². The molecule has 10 heteroatoms. The Morgan fingerprint density at radius 3 is 1.67 bits per heavy atom. The van der Waals surface area contributed by atoms with E-state index in [0.29, 0.717) is 50.8 Å². The molecular formula is C29H39NO9. The molecule has 2 aromatic rings. The Labute approximate surface area is 229 Å². The fraction of sp³-hybridized carbons (Fsp3) is 0.483. The van der Waals surface area contributed by atoms with Gasteiger partial charge in [0.25, 0.3) is 5.78 Å². The molecule has 0 amide bonds. The molecule has 2 aromatic carbocycles. The van der Waals surface area contributed by atoms with Crippen LogP contribution in [0.2, 0.25) is 0 Å². The summed E-state index contributed by atoms with van der Waals surface area (Å²) in [6.45, 7) is 5.93. The molecule has 0 aliphatic rings. The zero-order valence-electron chi connectivity index (χ0n) is 22.6. The van der Waals surface area contributed by atoms with Crippen molar-refractivity contribution in [2.24, 2.45) is 0 Å². The van der Waals surface area contributed by atoms with E-state index in [-0.39, 0.29) is 32.4 Å². The molecule has 0 bridgehead atoms. The number of rotatable bonds is 22. The zero-order valence-corrected chi connectivity index (χ0v) is 22.6. The van der Waals surface area contributed by atoms with Crippen LogP contribution in [0.5, 0.6) is 0 Å². The summed E-state index contributed by atoms with van der Waals surface area (Å²) in [7, 11) is 0. The lowest BCUT2D eigenvalue weighted by Gasteiger charge is -2.09. The lowest BCUT2D eigenvalue weighted by Crippen LogP contribution is -2.20. The highest BCUT2D eigenvalue weighted by Gasteiger charge is 2.17. The molecule has 0 spiro atoms. The SMILES string of the molecule is CCCCNc1ccc(C(=O)OCCOCCOCCOCCOCCOC(=O)C(=O)c2ccccc2)cc1. The molecule has 0 saturated carbocycles. The monoisotopic (exact) mass is 545 g/mol. The van der Waals surface area contributed by atoms with Crippen molar-refractivity contribution in [3.63, 3.8) is 0 Å². The minimum absolute atomic E-state index is 0.0102. The first kappa shape index (κ1) is 31.9. The maximum atomic E-state index is 12.1. The minimum atomic E-state index is -0.903. The van der Waals surface area contributed by atoms with Gasteiger partial charge in [0.1, 0.15) is 13.2 Å². The third-order valence-corrected chi connectivity index (χ3v) is 5.24. The third kappa shape index (κ3) is 14.4. The van der Waals surface area contributed by atoms with Crippen molar-refractivity contribution in [3.05, 3.63) is 65.7 Å². The number of carbonyl (C=O) groups excluding carboxylic acids is 3. The van der Waals surface area contributed by atoms with Gasteiger partial charge in [-0.25, -0.2) is 9.59 Å². The molecule has 0 fully saturated rings. The van der Waals surface area contributed by atoms with E-state index in [4.69, 9.17) is 28.4 Å². The van der Waals surface area contributed by atoms with Crippen LogP contribution in [-0.4, -0.2) is 90.3 Å². The van der Waals surface area contributed by atoms with Gasteiger partial charge < -0.3 is 33.7 Å². The van der Waals surface area contributed by atoms with Crippen molar-refractivity contribution < 1.29 is 42.8 Å². The molecule has 0 saturated heterocycles. The van der Waals surface area contributed by atoms with E-state index in [1.807, 2.05) is 12.1 Å². The van der Waals surface area contributed by atoms with Crippen LogP contribution < -0.4 is 5.32 Å². The molecule has 1 N–H and O–H groups in total. The first-order valence-electron chi connectivity index (χ1n) is 13.2. The number of hydrogen-bond donors (Lipinski definition) is 1. The lowest BCUT2D eigenvalue weighted by atomic mass is 10.1. The zero-order chi connectivity index (χ0) is 28.0. The van der Waals surface area contributed by atoms with E-state index in [0.717, 1.165) is 25.1 Å². The summed E-state index contributed by atoms with van der Waals surface area (Å²) in [6, 6.07) is 15.5. The van der Waals surface area contributed by atoms with E-state index < -0.39 is 11.8 Å². The van der Waals surface area contributed by atoms with Gasteiger partial charge in [-0.2, -0.15) is 0 Å². The normalized spacial score (nSPS) is 10.7. The first-order valence-corrected chi connectivity index (χ1v) is 13.2. The summed E-state index contributed by atoms with van der Waals surface area (Å²) < 4.78 is 31.6. The Bertz CT molecular complexity index is 951. The molecular weight excluding hydrogens is 506 g/mol. The molecule has 0 unspecified atom stereocenters. The highest BCUT2D eigenvalue weighted by atomic mass is 16.6. The van der Waals surface area contributed by atoms with Crippen LogP contribution in [0.4, 0.5) is 5.69 Å². The van der Waals surface area contributed by atoms with Gasteiger partial charge in [0.15, 0.2) is 0 Å². The predicted octanol–water partition coefficient (Wildman–Crippen LogP) is 3.55. The molecule has 214 valence electrons. The van der Waals surface area contributed by atoms with Gasteiger partial charge >= 0.3 is 11.9 Å². The second-order valence-corrected chi connectivity index (χ2v) is 8.27. The molecule has 0 aromatic heterocycles. The highest BCUT2D eigenvalue weighted by Crippen LogP contribution is 2.11. The summed E-state index contributed by atoms with van der Waals surface area (Å²) in [5, 5.41) is 3.30. The summed E-state index contributed by atoms with van der Waals surface area (Å²) in [5.74, 6) is -1.96. The number of nitrogens with one attached hydrogen (secondary N) is 1. The Morgan fingerprint density at radius 2 is 1.13 bits per heavy atom. The third-order valence-electron chi connectivity index (χ3n) is 5.24. The molecule has 0 aliphatic carbocycles. The van der Waals surface area contributed by atoms with E-state index in [1.54, 1.807) is 42.5 Å². The Morgan fingerprint density at radius 1 is 0.615 bits per heavy atom. The van der Waals surface area contributed by atoms with Crippen molar-refractivity contribution in [1.29, 1.82) is 0 Å². The fourth-order valence-corrected chi connectivity index (χ4v) is 3.14. The van der Waals surface area contributed by atoms with E-state index >= 15 is 0 Å². The molecule has 0 heterocycles. The van der Waals surface area contributed by atoms with Crippen molar-refractivity contribution in [2.75, 3.05) is 77.9 Å². The topological polar surface area (TPSA) is 119 Å². The van der Waals surface area contributed by atoms with Crippen molar-refractivity contribution in [3.8, 4) is 0 Å². The van der Waals surface area contributed by atoms with Crippen LogP contribution in [0, 0.1) is 0 Å². The number of unbranched alkanes of at least 4 members (excludes halogenated alkanes) is 1. The highest BCUT2D eigenvalue weighted by molar-refractivity contribution is 6.40. The Balaban J connectivity index is 1.33. The van der Waals surface area contributed by atoms with E-state index in [2.05, 4.69) is 12.2 Å². The summed E-state index contributed by atoms with van der Waals surface area (Å²) in [4.78, 5) is 35.6. The molecule has 0 aliphatic heterocycles. The maximum Gasteiger partial charge on any atom is 0.379 e. The predicted molar refractivity (Wildman–Crippen MR) is 145 cm³/mol.